The van der Waals surface area contributed by atoms with E-state index in [4.69, 9.17) is 0 Å². The molecule has 3 rings (SSSR count). The van der Waals surface area contributed by atoms with Crippen LogP contribution >= 0.6 is 15.9 Å². The van der Waals surface area contributed by atoms with Crippen LogP contribution in [0.1, 0.15) is 17.2 Å². The predicted molar refractivity (Wildman–Crippen MR) is 91.0 cm³/mol. The zero-order valence-corrected chi connectivity index (χ0v) is 14.5. The van der Waals surface area contributed by atoms with Crippen LogP contribution in [0.5, 0.6) is 5.75 Å². The number of rotatable bonds is 5. The van der Waals surface area contributed by atoms with Crippen molar-refractivity contribution in [2.45, 2.75) is 19.2 Å². The molecule has 0 saturated carbocycles. The van der Waals surface area contributed by atoms with Gasteiger partial charge in [0.2, 0.25) is 0 Å². The van der Waals surface area contributed by atoms with Gasteiger partial charge in [-0.15, -0.1) is 0 Å². The minimum atomic E-state index is -2.83. The summed E-state index contributed by atoms with van der Waals surface area (Å²) in [6.07, 6.45) is 3.59. The second-order valence-electron chi connectivity index (χ2n) is 5.61. The summed E-state index contributed by atoms with van der Waals surface area (Å²) in [6, 6.07) is 9.21. The van der Waals surface area contributed by atoms with Gasteiger partial charge in [0.15, 0.2) is 0 Å². The molecule has 24 heavy (non-hydrogen) atoms. The van der Waals surface area contributed by atoms with Crippen LogP contribution in [0.15, 0.2) is 47.2 Å². The lowest BCUT2D eigenvalue weighted by Gasteiger charge is -2.36. The Morgan fingerprint density at radius 1 is 1.38 bits per heavy atom. The normalized spacial score (nSPS) is 18.8. The number of ether oxygens (including phenoxy) is 1. The smallest absolute Gasteiger partial charge is 0.387 e. The molecule has 1 unspecified atom stereocenters. The Morgan fingerprint density at radius 3 is 3.00 bits per heavy atom. The number of halogens is 3. The minimum absolute atomic E-state index is 0.144. The van der Waals surface area contributed by atoms with E-state index in [0.29, 0.717) is 6.54 Å². The summed E-state index contributed by atoms with van der Waals surface area (Å²) in [5, 5.41) is 3.38. The molecule has 128 valence electrons. The Morgan fingerprint density at radius 2 is 2.25 bits per heavy atom. The highest BCUT2D eigenvalue weighted by molar-refractivity contribution is 9.10. The van der Waals surface area contributed by atoms with Crippen molar-refractivity contribution in [3.8, 4) is 5.75 Å². The molecule has 1 N–H and O–H groups in total. The topological polar surface area (TPSA) is 37.4 Å². The second kappa shape index (κ2) is 8.00. The summed E-state index contributed by atoms with van der Waals surface area (Å²) in [7, 11) is 0. The molecule has 1 saturated heterocycles. The Labute approximate surface area is 148 Å². The van der Waals surface area contributed by atoms with Gasteiger partial charge in [0.05, 0.1) is 0 Å². The van der Waals surface area contributed by atoms with E-state index >= 15 is 0 Å². The van der Waals surface area contributed by atoms with Crippen molar-refractivity contribution in [1.82, 2.24) is 15.2 Å². The van der Waals surface area contributed by atoms with Gasteiger partial charge >= 0.3 is 6.61 Å². The zero-order valence-electron chi connectivity index (χ0n) is 13.0. The molecule has 0 bridgehead atoms. The minimum Gasteiger partial charge on any atom is -0.434 e. The molecule has 4 nitrogen and oxygen atoms in total. The van der Waals surface area contributed by atoms with Crippen LogP contribution in [-0.4, -0.2) is 36.1 Å². The number of alkyl halides is 2. The van der Waals surface area contributed by atoms with Crippen molar-refractivity contribution in [3.05, 3.63) is 58.3 Å². The molecule has 1 aliphatic rings. The summed E-state index contributed by atoms with van der Waals surface area (Å²) in [4.78, 5) is 6.44. The van der Waals surface area contributed by atoms with Gasteiger partial charge in [-0.3, -0.25) is 9.88 Å². The van der Waals surface area contributed by atoms with E-state index in [1.54, 1.807) is 18.3 Å². The average Bonchev–Trinajstić information content (AvgIpc) is 2.58. The molecule has 1 atom stereocenters. The Hall–Kier alpha value is -1.57. The van der Waals surface area contributed by atoms with E-state index in [1.807, 2.05) is 24.4 Å². The number of nitrogens with one attached hydrogen (secondary N) is 1. The third kappa shape index (κ3) is 4.28. The molecule has 1 fully saturated rings. The first kappa shape index (κ1) is 17.3. The van der Waals surface area contributed by atoms with Crippen LogP contribution in [0.4, 0.5) is 8.78 Å². The predicted octanol–water partition coefficient (Wildman–Crippen LogP) is 3.59. The molecule has 7 heteroatoms. The fourth-order valence-corrected chi connectivity index (χ4v) is 3.35. The standard InChI is InChI=1S/C17H18BrF2N3O/c18-14-3-4-16(24-17(19)20)13(8-14)11-23-7-6-22-10-15(23)12-2-1-5-21-9-12/h1-5,8-9,15,17,22H,6-7,10-11H2. The molecule has 2 heterocycles. The van der Waals surface area contributed by atoms with Crippen LogP contribution in [0, 0.1) is 0 Å². The molecule has 1 aromatic carbocycles. The van der Waals surface area contributed by atoms with Crippen molar-refractivity contribution in [3.63, 3.8) is 0 Å². The zero-order chi connectivity index (χ0) is 16.9. The van der Waals surface area contributed by atoms with Crippen LogP contribution < -0.4 is 10.1 Å². The summed E-state index contributed by atoms with van der Waals surface area (Å²) in [5.41, 5.74) is 1.84. The Kier molecular flexibility index (Phi) is 5.76. The lowest BCUT2D eigenvalue weighted by Crippen LogP contribution is -2.45. The summed E-state index contributed by atoms with van der Waals surface area (Å²) in [6.45, 7) is 0.172. The molecular formula is C17H18BrF2N3O. The van der Waals surface area contributed by atoms with E-state index in [-0.39, 0.29) is 11.8 Å². The van der Waals surface area contributed by atoms with Gasteiger partial charge < -0.3 is 10.1 Å². The van der Waals surface area contributed by atoms with Crippen LogP contribution in [0.2, 0.25) is 0 Å². The molecule has 0 radical (unpaired) electrons. The maximum absolute atomic E-state index is 12.7. The third-order valence-electron chi connectivity index (χ3n) is 4.04. The lowest BCUT2D eigenvalue weighted by molar-refractivity contribution is -0.0509. The average molecular weight is 398 g/mol. The van der Waals surface area contributed by atoms with Gasteiger partial charge in [0.25, 0.3) is 0 Å². The maximum Gasteiger partial charge on any atom is 0.387 e. The van der Waals surface area contributed by atoms with Gasteiger partial charge in [0, 0.05) is 54.7 Å². The van der Waals surface area contributed by atoms with Crippen molar-refractivity contribution in [2.75, 3.05) is 19.6 Å². The summed E-state index contributed by atoms with van der Waals surface area (Å²) < 4.78 is 30.8. The molecule has 1 aromatic heterocycles. The highest BCUT2D eigenvalue weighted by atomic mass is 79.9. The first-order valence-electron chi connectivity index (χ1n) is 7.71. The molecule has 0 aliphatic carbocycles. The van der Waals surface area contributed by atoms with Crippen molar-refractivity contribution >= 4 is 15.9 Å². The largest absolute Gasteiger partial charge is 0.434 e. The number of aromatic nitrogens is 1. The highest BCUT2D eigenvalue weighted by Crippen LogP contribution is 2.30. The first-order chi connectivity index (χ1) is 11.6. The number of pyridine rings is 1. The quantitative estimate of drug-likeness (QED) is 0.836. The van der Waals surface area contributed by atoms with Gasteiger partial charge in [-0.2, -0.15) is 8.78 Å². The van der Waals surface area contributed by atoms with E-state index < -0.39 is 6.61 Å². The highest BCUT2D eigenvalue weighted by Gasteiger charge is 2.25. The van der Waals surface area contributed by atoms with Gasteiger partial charge in [-0.25, -0.2) is 0 Å². The van der Waals surface area contributed by atoms with Crippen molar-refractivity contribution < 1.29 is 13.5 Å². The molecule has 1 aliphatic heterocycles. The van der Waals surface area contributed by atoms with E-state index in [9.17, 15) is 8.78 Å². The number of nitrogens with zero attached hydrogens (tertiary/aromatic N) is 2. The summed E-state index contributed by atoms with van der Waals surface area (Å²) in [5.74, 6) is 0.219. The molecule has 0 amide bonds. The number of hydrogen-bond acceptors (Lipinski definition) is 4. The fourth-order valence-electron chi connectivity index (χ4n) is 2.94. The van der Waals surface area contributed by atoms with Crippen molar-refractivity contribution in [2.24, 2.45) is 0 Å². The van der Waals surface area contributed by atoms with Crippen LogP contribution in [0.25, 0.3) is 0 Å². The second-order valence-corrected chi connectivity index (χ2v) is 6.52. The first-order valence-corrected chi connectivity index (χ1v) is 8.50. The fraction of sp³-hybridized carbons (Fsp3) is 0.353. The number of piperazine rings is 1. The Balaban J connectivity index is 1.84. The SMILES string of the molecule is FC(F)Oc1ccc(Br)cc1CN1CCNCC1c1cccnc1. The van der Waals surface area contributed by atoms with Crippen LogP contribution in [-0.2, 0) is 6.54 Å². The Bertz CT molecular complexity index is 672. The molecular weight excluding hydrogens is 380 g/mol. The summed E-state index contributed by atoms with van der Waals surface area (Å²) >= 11 is 3.40. The number of hydrogen-bond donors (Lipinski definition) is 1. The number of benzene rings is 1. The van der Waals surface area contributed by atoms with E-state index in [0.717, 1.165) is 35.2 Å². The van der Waals surface area contributed by atoms with Gasteiger partial charge in [-0.1, -0.05) is 22.0 Å². The van der Waals surface area contributed by atoms with E-state index in [2.05, 4.69) is 35.9 Å². The lowest BCUT2D eigenvalue weighted by atomic mass is 10.0. The monoisotopic (exact) mass is 397 g/mol. The van der Waals surface area contributed by atoms with Crippen LogP contribution in [0.3, 0.4) is 0 Å². The molecule has 2 aromatic rings. The van der Waals surface area contributed by atoms with Gasteiger partial charge in [0.1, 0.15) is 5.75 Å². The maximum atomic E-state index is 12.7. The van der Waals surface area contributed by atoms with Crippen molar-refractivity contribution in [1.29, 1.82) is 0 Å². The van der Waals surface area contributed by atoms with E-state index in [1.165, 1.54) is 0 Å². The van der Waals surface area contributed by atoms with Gasteiger partial charge in [-0.05, 0) is 29.8 Å². The third-order valence-corrected chi connectivity index (χ3v) is 4.53. The molecule has 0 spiro atoms.